The molecule has 2 aliphatic rings. The molecule has 2 heterocycles. The molecule has 0 saturated carbocycles. The van der Waals surface area contributed by atoms with Crippen LogP contribution in [-0.4, -0.2) is 24.2 Å². The van der Waals surface area contributed by atoms with E-state index in [0.717, 1.165) is 0 Å². The zero-order valence-electron chi connectivity index (χ0n) is 26.5. The van der Waals surface area contributed by atoms with Crippen molar-refractivity contribution in [1.82, 2.24) is 0 Å². The Morgan fingerprint density at radius 3 is 0.810 bits per heavy atom. The van der Waals surface area contributed by atoms with Gasteiger partial charge in [0, 0.05) is 24.2 Å². The van der Waals surface area contributed by atoms with Crippen LogP contribution in [-0.2, 0) is 0 Å². The van der Waals surface area contributed by atoms with E-state index in [-0.39, 0.29) is 12.3 Å². The highest BCUT2D eigenvalue weighted by Crippen LogP contribution is 2.50. The van der Waals surface area contributed by atoms with Crippen molar-refractivity contribution in [2.75, 3.05) is 19.6 Å². The molecule has 0 fully saturated rings. The molecule has 0 atom stereocenters. The van der Waals surface area contributed by atoms with Gasteiger partial charge in [-0.05, 0) is 102 Å². The van der Waals surface area contributed by atoms with Crippen molar-refractivity contribution in [3.05, 3.63) is 108 Å². The molecule has 4 nitrogen and oxygen atoms in total. The maximum absolute atomic E-state index is 2.57. The Balaban J connectivity index is 1.30. The van der Waals surface area contributed by atoms with E-state index in [0.29, 0.717) is 24.2 Å². The van der Waals surface area contributed by atoms with Gasteiger partial charge in [-0.2, -0.15) is 0 Å². The van der Waals surface area contributed by atoms with Gasteiger partial charge in [0.15, 0.2) is 0 Å². The molecular weight excluding hydrogens is 512 g/mol. The third-order valence-electron chi connectivity index (χ3n) is 8.91. The normalized spacial score (nSPS) is 15.6. The predicted octanol–water partition coefficient (Wildman–Crippen LogP) is 9.64. The summed E-state index contributed by atoms with van der Waals surface area (Å²) >= 11 is 0. The summed E-state index contributed by atoms with van der Waals surface area (Å²) < 4.78 is 0. The Morgan fingerprint density at radius 1 is 0.357 bits per heavy atom. The molecule has 4 aromatic rings. The Bertz CT molecular complexity index is 1330. The maximum Gasteiger partial charge on any atom is 0.129 e. The molecule has 4 aromatic carbocycles. The van der Waals surface area contributed by atoms with Crippen molar-refractivity contribution in [1.29, 1.82) is 0 Å². The number of fused-ring (bicyclic) bond motifs is 2. The summed E-state index contributed by atoms with van der Waals surface area (Å²) in [5, 5.41) is 0. The van der Waals surface area contributed by atoms with Crippen LogP contribution in [0.3, 0.4) is 0 Å². The summed E-state index contributed by atoms with van der Waals surface area (Å²) in [6.45, 7) is 18.4. The fourth-order valence-electron chi connectivity index (χ4n) is 7.18. The van der Waals surface area contributed by atoms with Gasteiger partial charge in [0.1, 0.15) is 12.3 Å². The smallest absolute Gasteiger partial charge is 0.129 e. The Morgan fingerprint density at radius 2 is 0.595 bits per heavy atom. The number of rotatable bonds is 7. The van der Waals surface area contributed by atoms with Gasteiger partial charge in [0.2, 0.25) is 0 Å². The fraction of sp³-hybridized carbons (Fsp3) is 0.368. The van der Waals surface area contributed by atoms with Gasteiger partial charge in [-0.3, -0.25) is 0 Å². The van der Waals surface area contributed by atoms with Crippen LogP contribution in [0.15, 0.2) is 97.1 Å². The predicted molar refractivity (Wildman–Crippen MR) is 181 cm³/mol. The van der Waals surface area contributed by atoms with E-state index in [2.05, 4.69) is 172 Å². The number of hydrogen-bond acceptors (Lipinski definition) is 4. The second kappa shape index (κ2) is 11.1. The van der Waals surface area contributed by atoms with Crippen molar-refractivity contribution in [2.45, 2.75) is 91.9 Å². The lowest BCUT2D eigenvalue weighted by Gasteiger charge is -2.38. The zero-order chi connectivity index (χ0) is 29.7. The second-order valence-electron chi connectivity index (χ2n) is 13.0. The van der Waals surface area contributed by atoms with E-state index in [1.807, 2.05) is 0 Å². The number of nitrogens with zero attached hydrogens (tertiary/aromatic N) is 4. The van der Waals surface area contributed by atoms with Crippen molar-refractivity contribution >= 4 is 22.7 Å². The van der Waals surface area contributed by atoms with Crippen LogP contribution in [0.4, 0.5) is 22.7 Å². The molecule has 42 heavy (non-hydrogen) atoms. The van der Waals surface area contributed by atoms with Crippen molar-refractivity contribution in [3.8, 4) is 11.1 Å². The van der Waals surface area contributed by atoms with Crippen LogP contribution < -0.4 is 19.6 Å². The first-order valence-corrected chi connectivity index (χ1v) is 15.7. The summed E-state index contributed by atoms with van der Waals surface area (Å²) in [6.07, 6.45) is 0.374. The average Bonchev–Trinajstić information content (AvgIpc) is 3.52. The summed E-state index contributed by atoms with van der Waals surface area (Å²) in [5.74, 6) is 0. The molecule has 0 spiro atoms. The fourth-order valence-corrected chi connectivity index (χ4v) is 7.18. The van der Waals surface area contributed by atoms with E-state index in [4.69, 9.17) is 0 Å². The van der Waals surface area contributed by atoms with E-state index in [1.165, 1.54) is 45.0 Å². The SMILES string of the molecule is CC(C)N1c2ccccc2N(C(C)C)C1c1ccc(-c2ccc(C3N(C(C)C)c4ccccc4N3C(C)C)cc2)cc1. The largest absolute Gasteiger partial charge is 0.343 e. The van der Waals surface area contributed by atoms with Gasteiger partial charge in [0.25, 0.3) is 0 Å². The lowest BCUT2D eigenvalue weighted by Crippen LogP contribution is -2.42. The first-order chi connectivity index (χ1) is 20.2. The van der Waals surface area contributed by atoms with Crippen LogP contribution in [0.2, 0.25) is 0 Å². The van der Waals surface area contributed by atoms with Crippen LogP contribution in [0.1, 0.15) is 78.8 Å². The van der Waals surface area contributed by atoms with Crippen molar-refractivity contribution < 1.29 is 0 Å². The van der Waals surface area contributed by atoms with Gasteiger partial charge >= 0.3 is 0 Å². The van der Waals surface area contributed by atoms with Gasteiger partial charge in [-0.1, -0.05) is 72.8 Å². The quantitative estimate of drug-likeness (QED) is 0.224. The minimum absolute atomic E-state index is 0.187. The minimum Gasteiger partial charge on any atom is -0.343 e. The standard InChI is InChI=1S/C38H46N4/c1-25(2)39-33-13-9-10-14-34(33)40(26(3)4)37(39)31-21-17-29(18-22-31)30-19-23-32(24-20-30)38-41(27(5)6)35-15-11-12-16-36(35)42(38)28(7)8/h9-28,37-38H,1-8H3. The van der Waals surface area contributed by atoms with Gasteiger partial charge in [-0.15, -0.1) is 0 Å². The third kappa shape index (κ3) is 4.62. The van der Waals surface area contributed by atoms with Crippen molar-refractivity contribution in [2.24, 2.45) is 0 Å². The number of para-hydroxylation sites is 4. The van der Waals surface area contributed by atoms with E-state index >= 15 is 0 Å². The average molecular weight is 559 g/mol. The van der Waals surface area contributed by atoms with Gasteiger partial charge < -0.3 is 19.6 Å². The second-order valence-corrected chi connectivity index (χ2v) is 13.0. The summed E-state index contributed by atoms with van der Waals surface area (Å²) in [4.78, 5) is 10.3. The molecule has 0 aliphatic carbocycles. The zero-order valence-corrected chi connectivity index (χ0v) is 26.5. The molecule has 6 rings (SSSR count). The van der Waals surface area contributed by atoms with Crippen LogP contribution in [0, 0.1) is 0 Å². The number of anilines is 4. The topological polar surface area (TPSA) is 13.0 Å². The summed E-state index contributed by atoms with van der Waals surface area (Å²) in [6, 6.07) is 37.8. The Kier molecular flexibility index (Phi) is 7.43. The molecule has 0 saturated heterocycles. The lowest BCUT2D eigenvalue weighted by molar-refractivity contribution is 0.527. The minimum atomic E-state index is 0.187. The lowest BCUT2D eigenvalue weighted by atomic mass is 9.99. The first kappa shape index (κ1) is 28.2. The molecule has 0 aromatic heterocycles. The third-order valence-corrected chi connectivity index (χ3v) is 8.91. The van der Waals surface area contributed by atoms with E-state index in [1.54, 1.807) is 0 Å². The molecule has 4 heteroatoms. The molecule has 2 aliphatic heterocycles. The van der Waals surface area contributed by atoms with Crippen molar-refractivity contribution in [3.63, 3.8) is 0 Å². The highest BCUT2D eigenvalue weighted by molar-refractivity contribution is 5.80. The van der Waals surface area contributed by atoms with E-state index < -0.39 is 0 Å². The van der Waals surface area contributed by atoms with Gasteiger partial charge in [0.05, 0.1) is 22.7 Å². The molecule has 0 unspecified atom stereocenters. The molecule has 0 radical (unpaired) electrons. The van der Waals surface area contributed by atoms with Crippen LogP contribution in [0.25, 0.3) is 11.1 Å². The maximum atomic E-state index is 2.57. The Hall–Kier alpha value is -3.92. The first-order valence-electron chi connectivity index (χ1n) is 15.7. The number of hydrogen-bond donors (Lipinski definition) is 0. The summed E-state index contributed by atoms with van der Waals surface area (Å²) in [5.41, 5.74) is 10.5. The highest BCUT2D eigenvalue weighted by atomic mass is 15.4. The Labute approximate surface area is 253 Å². The van der Waals surface area contributed by atoms with E-state index in [9.17, 15) is 0 Å². The molecule has 218 valence electrons. The molecule has 0 N–H and O–H groups in total. The van der Waals surface area contributed by atoms with Gasteiger partial charge in [-0.25, -0.2) is 0 Å². The monoisotopic (exact) mass is 558 g/mol. The number of benzene rings is 4. The van der Waals surface area contributed by atoms with Crippen LogP contribution >= 0.6 is 0 Å². The summed E-state index contributed by atoms with van der Waals surface area (Å²) in [7, 11) is 0. The van der Waals surface area contributed by atoms with Crippen LogP contribution in [0.5, 0.6) is 0 Å². The molecule has 0 amide bonds. The molecular formula is C38H46N4. The molecule has 0 bridgehead atoms. The highest BCUT2D eigenvalue weighted by Gasteiger charge is 2.40.